The van der Waals surface area contributed by atoms with Crippen LogP contribution in [-0.2, 0) is 6.42 Å². The Morgan fingerprint density at radius 1 is 1.10 bits per heavy atom. The van der Waals surface area contributed by atoms with E-state index in [-0.39, 0.29) is 11.8 Å². The molecular weight excluding hydrogens is 362 g/mol. The first-order valence-electron chi connectivity index (χ1n) is 9.60. The van der Waals surface area contributed by atoms with Crippen LogP contribution in [0.3, 0.4) is 0 Å². The number of nitrogens with two attached hydrogens (primary N) is 1. The fourth-order valence-electron chi connectivity index (χ4n) is 3.40. The van der Waals surface area contributed by atoms with Gasteiger partial charge in [0, 0.05) is 40.5 Å². The van der Waals surface area contributed by atoms with Gasteiger partial charge in [0.25, 0.3) is 0 Å². The van der Waals surface area contributed by atoms with Crippen LogP contribution in [-0.4, -0.2) is 28.4 Å². The number of carbonyl (C=O) groups is 1. The molecule has 2 heterocycles. The van der Waals surface area contributed by atoms with Crippen LogP contribution in [0.25, 0.3) is 22.0 Å². The van der Waals surface area contributed by atoms with Crippen molar-refractivity contribution in [3.05, 3.63) is 84.3 Å². The van der Waals surface area contributed by atoms with E-state index in [2.05, 4.69) is 22.1 Å². The van der Waals surface area contributed by atoms with Crippen molar-refractivity contribution in [3.63, 3.8) is 0 Å². The second-order valence-electron chi connectivity index (χ2n) is 7.18. The van der Waals surface area contributed by atoms with Gasteiger partial charge in [-0.05, 0) is 36.6 Å². The van der Waals surface area contributed by atoms with Crippen molar-refractivity contribution < 1.29 is 9.53 Å². The lowest BCUT2D eigenvalue weighted by atomic mass is 10.0. The van der Waals surface area contributed by atoms with Crippen LogP contribution in [0, 0.1) is 0 Å². The smallest absolute Gasteiger partial charge is 0.159 e. The zero-order valence-electron chi connectivity index (χ0n) is 16.3. The molecule has 0 amide bonds. The predicted molar refractivity (Wildman–Crippen MR) is 115 cm³/mol. The minimum Gasteiger partial charge on any atom is -0.490 e. The van der Waals surface area contributed by atoms with E-state index in [1.54, 1.807) is 19.3 Å². The molecule has 146 valence electrons. The number of aromatic amines is 1. The number of H-pyrrole nitrogens is 1. The summed E-state index contributed by atoms with van der Waals surface area (Å²) in [6, 6.07) is 17.5. The highest BCUT2D eigenvalue weighted by Gasteiger charge is 2.10. The number of pyridine rings is 1. The number of hydrogen-bond donors (Lipinski definition) is 2. The van der Waals surface area contributed by atoms with Crippen LogP contribution >= 0.6 is 0 Å². The molecule has 0 fully saturated rings. The van der Waals surface area contributed by atoms with Crippen molar-refractivity contribution >= 4 is 16.7 Å². The molecule has 0 saturated heterocycles. The first-order chi connectivity index (χ1) is 14.1. The number of rotatable bonds is 7. The summed E-state index contributed by atoms with van der Waals surface area (Å²) in [6.07, 6.45) is 6.20. The van der Waals surface area contributed by atoms with Gasteiger partial charge in [0.1, 0.15) is 12.4 Å². The summed E-state index contributed by atoms with van der Waals surface area (Å²) < 4.78 is 5.90. The van der Waals surface area contributed by atoms with Crippen LogP contribution in [0.1, 0.15) is 22.8 Å². The third kappa shape index (κ3) is 4.36. The average molecular weight is 385 g/mol. The van der Waals surface area contributed by atoms with Crippen molar-refractivity contribution in [1.82, 2.24) is 9.97 Å². The molecule has 0 aliphatic heterocycles. The van der Waals surface area contributed by atoms with Crippen LogP contribution < -0.4 is 10.5 Å². The molecular formula is C24H23N3O2. The maximum atomic E-state index is 11.4. The second kappa shape index (κ2) is 8.29. The number of benzene rings is 2. The van der Waals surface area contributed by atoms with Gasteiger partial charge in [-0.2, -0.15) is 0 Å². The van der Waals surface area contributed by atoms with Gasteiger partial charge in [0.05, 0.1) is 6.20 Å². The van der Waals surface area contributed by atoms with Crippen LogP contribution in [0.15, 0.2) is 73.2 Å². The van der Waals surface area contributed by atoms with E-state index >= 15 is 0 Å². The van der Waals surface area contributed by atoms with Gasteiger partial charge in [-0.25, -0.2) is 0 Å². The lowest BCUT2D eigenvalue weighted by Gasteiger charge is -2.13. The lowest BCUT2D eigenvalue weighted by molar-refractivity contribution is 0.101. The minimum absolute atomic E-state index is 0.0518. The summed E-state index contributed by atoms with van der Waals surface area (Å²) in [5.74, 6) is 0.725. The highest BCUT2D eigenvalue weighted by atomic mass is 16.5. The number of para-hydroxylation sites is 1. The monoisotopic (exact) mass is 385 g/mol. The molecule has 0 bridgehead atoms. The quantitative estimate of drug-likeness (QED) is 0.463. The van der Waals surface area contributed by atoms with Crippen LogP contribution in [0.4, 0.5) is 0 Å². The summed E-state index contributed by atoms with van der Waals surface area (Å²) in [6.45, 7) is 1.96. The van der Waals surface area contributed by atoms with Crippen LogP contribution in [0.2, 0.25) is 0 Å². The number of Topliss-reactive ketones (excluding diaryl/α,β-unsaturated/α-hetero) is 1. The highest BCUT2D eigenvalue weighted by Crippen LogP contribution is 2.24. The molecule has 0 spiro atoms. The number of fused-ring (bicyclic) bond motifs is 1. The molecule has 3 N–H and O–H groups in total. The summed E-state index contributed by atoms with van der Waals surface area (Å²) in [5.41, 5.74) is 11.2. The minimum atomic E-state index is -0.132. The SMILES string of the molecule is CC(=O)c1ccc(-c2cncc(OCC(N)Cc3c[nH]c4ccccc34)c2)cc1. The molecule has 5 heteroatoms. The topological polar surface area (TPSA) is 81.0 Å². The molecule has 0 aliphatic rings. The Morgan fingerprint density at radius 2 is 1.90 bits per heavy atom. The zero-order valence-corrected chi connectivity index (χ0v) is 16.3. The van der Waals surface area contributed by atoms with Gasteiger partial charge >= 0.3 is 0 Å². The number of ketones is 1. The number of ether oxygens (including phenoxy) is 1. The van der Waals surface area contributed by atoms with E-state index in [1.165, 1.54) is 10.9 Å². The fraction of sp³-hybridized carbons (Fsp3) is 0.167. The first kappa shape index (κ1) is 18.9. The third-order valence-electron chi connectivity index (χ3n) is 4.96. The molecule has 0 saturated carbocycles. The normalized spacial score (nSPS) is 12.1. The van der Waals surface area contributed by atoms with Gasteiger partial charge in [-0.1, -0.05) is 42.5 Å². The summed E-state index contributed by atoms with van der Waals surface area (Å²) >= 11 is 0. The van der Waals surface area contributed by atoms with E-state index < -0.39 is 0 Å². The number of nitrogens with one attached hydrogen (secondary N) is 1. The van der Waals surface area contributed by atoms with E-state index in [0.29, 0.717) is 17.9 Å². The molecule has 0 radical (unpaired) electrons. The lowest BCUT2D eigenvalue weighted by Crippen LogP contribution is -2.30. The Balaban J connectivity index is 1.40. The van der Waals surface area contributed by atoms with Crippen LogP contribution in [0.5, 0.6) is 5.75 Å². The summed E-state index contributed by atoms with van der Waals surface area (Å²) in [7, 11) is 0. The average Bonchev–Trinajstić information content (AvgIpc) is 3.15. The molecule has 4 aromatic rings. The molecule has 2 aromatic carbocycles. The molecule has 2 aromatic heterocycles. The van der Waals surface area contributed by atoms with Gasteiger partial charge in [-0.15, -0.1) is 0 Å². The predicted octanol–water partition coefficient (Wildman–Crippen LogP) is 4.38. The van der Waals surface area contributed by atoms with Crippen molar-refractivity contribution in [2.75, 3.05) is 6.61 Å². The standard InChI is InChI=1S/C24H23N3O2/c1-16(28)17-6-8-18(9-7-17)19-11-22(14-26-12-19)29-15-21(25)10-20-13-27-24-5-3-2-4-23(20)24/h2-9,11-14,21,27H,10,15,25H2,1H3. The summed E-state index contributed by atoms with van der Waals surface area (Å²) in [4.78, 5) is 19.0. The molecule has 1 atom stereocenters. The van der Waals surface area contributed by atoms with Gasteiger partial charge in [-0.3, -0.25) is 9.78 Å². The van der Waals surface area contributed by atoms with Gasteiger partial charge < -0.3 is 15.5 Å². The first-order valence-corrected chi connectivity index (χ1v) is 9.60. The maximum absolute atomic E-state index is 11.4. The molecule has 5 nitrogen and oxygen atoms in total. The van der Waals surface area contributed by atoms with Gasteiger partial charge in [0.15, 0.2) is 5.78 Å². The van der Waals surface area contributed by atoms with Crippen molar-refractivity contribution in [3.8, 4) is 16.9 Å². The van der Waals surface area contributed by atoms with Crippen molar-refractivity contribution in [1.29, 1.82) is 0 Å². The fourth-order valence-corrected chi connectivity index (χ4v) is 3.40. The Hall–Kier alpha value is -3.44. The highest BCUT2D eigenvalue weighted by molar-refractivity contribution is 5.94. The number of aromatic nitrogens is 2. The Morgan fingerprint density at radius 3 is 2.69 bits per heavy atom. The maximum Gasteiger partial charge on any atom is 0.159 e. The Labute approximate surface area is 169 Å². The summed E-state index contributed by atoms with van der Waals surface area (Å²) in [5, 5.41) is 1.20. The Bertz CT molecular complexity index is 1130. The second-order valence-corrected chi connectivity index (χ2v) is 7.18. The number of carbonyl (C=O) groups excluding carboxylic acids is 1. The van der Waals surface area contributed by atoms with E-state index in [1.807, 2.05) is 48.7 Å². The Kier molecular flexibility index (Phi) is 5.40. The largest absolute Gasteiger partial charge is 0.490 e. The third-order valence-corrected chi connectivity index (χ3v) is 4.96. The molecule has 1 unspecified atom stereocenters. The van der Waals surface area contributed by atoms with Crippen molar-refractivity contribution in [2.45, 2.75) is 19.4 Å². The van der Waals surface area contributed by atoms with Gasteiger partial charge in [0.2, 0.25) is 0 Å². The van der Waals surface area contributed by atoms with Crippen molar-refractivity contribution in [2.24, 2.45) is 5.73 Å². The number of hydrogen-bond acceptors (Lipinski definition) is 4. The van der Waals surface area contributed by atoms with E-state index in [4.69, 9.17) is 10.5 Å². The number of nitrogens with zero attached hydrogens (tertiary/aromatic N) is 1. The van der Waals surface area contributed by atoms with E-state index in [0.717, 1.165) is 23.1 Å². The zero-order chi connectivity index (χ0) is 20.2. The van der Waals surface area contributed by atoms with E-state index in [9.17, 15) is 4.79 Å². The molecule has 29 heavy (non-hydrogen) atoms. The molecule has 0 aliphatic carbocycles. The molecule has 4 rings (SSSR count).